The number of amides is 1. The zero-order chi connectivity index (χ0) is 11.5. The van der Waals surface area contributed by atoms with Gasteiger partial charge in [0.1, 0.15) is 0 Å². The molecule has 0 aliphatic carbocycles. The van der Waals surface area contributed by atoms with Crippen LogP contribution in [0.15, 0.2) is 0 Å². The molecule has 2 atom stereocenters. The zero-order valence-corrected chi connectivity index (χ0v) is 10.5. The van der Waals surface area contributed by atoms with E-state index in [-0.39, 0.29) is 6.04 Å². The SMILES string of the molecule is CC(C)C1CCN(C(=O)[C@@H]2CCCCN2)C1. The first-order chi connectivity index (χ1) is 7.68. The molecule has 0 aromatic heterocycles. The summed E-state index contributed by atoms with van der Waals surface area (Å²) in [6, 6.07) is 0.111. The Labute approximate surface area is 98.6 Å². The summed E-state index contributed by atoms with van der Waals surface area (Å²) in [6.45, 7) is 7.49. The molecule has 1 unspecified atom stereocenters. The van der Waals surface area contributed by atoms with Gasteiger partial charge in [-0.2, -0.15) is 0 Å². The number of hydrogen-bond acceptors (Lipinski definition) is 2. The summed E-state index contributed by atoms with van der Waals surface area (Å²) in [5.41, 5.74) is 0. The molecule has 92 valence electrons. The van der Waals surface area contributed by atoms with Crippen molar-refractivity contribution in [3.8, 4) is 0 Å². The molecule has 2 aliphatic rings. The van der Waals surface area contributed by atoms with E-state index in [2.05, 4.69) is 24.1 Å². The lowest BCUT2D eigenvalue weighted by Gasteiger charge is -2.27. The highest BCUT2D eigenvalue weighted by atomic mass is 16.2. The van der Waals surface area contributed by atoms with Gasteiger partial charge in [0.05, 0.1) is 6.04 Å². The van der Waals surface area contributed by atoms with Gasteiger partial charge in [-0.25, -0.2) is 0 Å². The third-order valence-corrected chi connectivity index (χ3v) is 4.09. The van der Waals surface area contributed by atoms with Crippen LogP contribution in [0.2, 0.25) is 0 Å². The Morgan fingerprint density at radius 1 is 1.31 bits per heavy atom. The lowest BCUT2D eigenvalue weighted by molar-refractivity contribution is -0.133. The van der Waals surface area contributed by atoms with Crippen LogP contribution in [0.5, 0.6) is 0 Å². The third kappa shape index (κ3) is 2.57. The number of nitrogens with one attached hydrogen (secondary N) is 1. The highest BCUT2D eigenvalue weighted by Crippen LogP contribution is 2.24. The smallest absolute Gasteiger partial charge is 0.239 e. The van der Waals surface area contributed by atoms with Gasteiger partial charge < -0.3 is 10.2 Å². The molecule has 16 heavy (non-hydrogen) atoms. The maximum atomic E-state index is 12.2. The molecule has 0 aromatic rings. The molecule has 2 rings (SSSR count). The summed E-state index contributed by atoms with van der Waals surface area (Å²) in [5, 5.41) is 3.35. The van der Waals surface area contributed by atoms with Crippen molar-refractivity contribution in [2.45, 2.75) is 45.6 Å². The molecule has 3 heteroatoms. The van der Waals surface area contributed by atoms with Gasteiger partial charge in [0, 0.05) is 13.1 Å². The molecule has 2 heterocycles. The Morgan fingerprint density at radius 3 is 2.69 bits per heavy atom. The van der Waals surface area contributed by atoms with E-state index in [1.807, 2.05) is 0 Å². The van der Waals surface area contributed by atoms with Gasteiger partial charge >= 0.3 is 0 Å². The minimum Gasteiger partial charge on any atom is -0.341 e. The van der Waals surface area contributed by atoms with Crippen LogP contribution < -0.4 is 5.32 Å². The molecule has 0 saturated carbocycles. The van der Waals surface area contributed by atoms with Crippen LogP contribution >= 0.6 is 0 Å². The number of carbonyl (C=O) groups is 1. The molecule has 1 amide bonds. The fourth-order valence-electron chi connectivity index (χ4n) is 2.81. The molecule has 1 N–H and O–H groups in total. The van der Waals surface area contributed by atoms with Crippen molar-refractivity contribution in [2.75, 3.05) is 19.6 Å². The summed E-state index contributed by atoms with van der Waals surface area (Å²) < 4.78 is 0. The molecule has 2 aliphatic heterocycles. The van der Waals surface area contributed by atoms with Crippen molar-refractivity contribution in [3.63, 3.8) is 0 Å². The van der Waals surface area contributed by atoms with Crippen molar-refractivity contribution < 1.29 is 4.79 Å². The zero-order valence-electron chi connectivity index (χ0n) is 10.5. The van der Waals surface area contributed by atoms with Gasteiger partial charge in [-0.05, 0) is 37.6 Å². The summed E-state index contributed by atoms with van der Waals surface area (Å²) in [6.07, 6.45) is 4.64. The second-order valence-corrected chi connectivity index (χ2v) is 5.58. The molecular formula is C13H24N2O. The number of hydrogen-bond donors (Lipinski definition) is 1. The number of rotatable bonds is 2. The predicted molar refractivity (Wildman–Crippen MR) is 65.2 cm³/mol. The topological polar surface area (TPSA) is 32.3 Å². The molecular weight excluding hydrogens is 200 g/mol. The number of carbonyl (C=O) groups excluding carboxylic acids is 1. The van der Waals surface area contributed by atoms with E-state index in [1.165, 1.54) is 19.3 Å². The molecule has 2 fully saturated rings. The van der Waals surface area contributed by atoms with E-state index in [0.717, 1.165) is 26.1 Å². The van der Waals surface area contributed by atoms with Crippen molar-refractivity contribution >= 4 is 5.91 Å². The van der Waals surface area contributed by atoms with Crippen LogP contribution in [-0.2, 0) is 4.79 Å². The normalized spacial score (nSPS) is 31.1. The summed E-state index contributed by atoms with van der Waals surface area (Å²) in [4.78, 5) is 14.3. The molecule has 0 spiro atoms. The standard InChI is InChI=1S/C13H24N2O/c1-10(2)11-6-8-15(9-11)13(16)12-5-3-4-7-14-12/h10-12,14H,3-9H2,1-2H3/t11?,12-/m0/s1. The van der Waals surface area contributed by atoms with E-state index in [0.29, 0.717) is 17.7 Å². The Kier molecular flexibility index (Phi) is 3.85. The molecule has 0 aromatic carbocycles. The van der Waals surface area contributed by atoms with E-state index in [4.69, 9.17) is 0 Å². The maximum Gasteiger partial charge on any atom is 0.239 e. The van der Waals surface area contributed by atoms with E-state index in [9.17, 15) is 4.79 Å². The molecule has 0 radical (unpaired) electrons. The van der Waals surface area contributed by atoms with Crippen molar-refractivity contribution in [1.82, 2.24) is 10.2 Å². The van der Waals surface area contributed by atoms with E-state index < -0.39 is 0 Å². The highest BCUT2D eigenvalue weighted by Gasteiger charge is 2.32. The quantitative estimate of drug-likeness (QED) is 0.773. The highest BCUT2D eigenvalue weighted by molar-refractivity contribution is 5.82. The molecule has 2 saturated heterocycles. The summed E-state index contributed by atoms with van der Waals surface area (Å²) >= 11 is 0. The first kappa shape index (κ1) is 11.9. The number of nitrogens with zero attached hydrogens (tertiary/aromatic N) is 1. The first-order valence-corrected chi connectivity index (χ1v) is 6.70. The monoisotopic (exact) mass is 224 g/mol. The van der Waals surface area contributed by atoms with Gasteiger partial charge in [-0.15, -0.1) is 0 Å². The minimum absolute atomic E-state index is 0.111. The van der Waals surface area contributed by atoms with Crippen LogP contribution in [0, 0.1) is 11.8 Å². The lowest BCUT2D eigenvalue weighted by atomic mass is 9.95. The molecule has 0 bridgehead atoms. The number of likely N-dealkylation sites (tertiary alicyclic amines) is 1. The van der Waals surface area contributed by atoms with Crippen LogP contribution in [0.3, 0.4) is 0 Å². The Hall–Kier alpha value is -0.570. The van der Waals surface area contributed by atoms with Gasteiger partial charge in [-0.1, -0.05) is 20.3 Å². The van der Waals surface area contributed by atoms with Crippen molar-refractivity contribution in [1.29, 1.82) is 0 Å². The first-order valence-electron chi connectivity index (χ1n) is 6.70. The predicted octanol–water partition coefficient (Wildman–Crippen LogP) is 1.63. The van der Waals surface area contributed by atoms with Gasteiger partial charge in [-0.3, -0.25) is 4.79 Å². The van der Waals surface area contributed by atoms with Crippen LogP contribution in [0.25, 0.3) is 0 Å². The summed E-state index contributed by atoms with van der Waals surface area (Å²) in [7, 11) is 0. The van der Waals surface area contributed by atoms with Crippen LogP contribution in [0.1, 0.15) is 39.5 Å². The third-order valence-electron chi connectivity index (χ3n) is 4.09. The maximum absolute atomic E-state index is 12.2. The Balaban J connectivity index is 1.86. The lowest BCUT2D eigenvalue weighted by Crippen LogP contribution is -2.47. The van der Waals surface area contributed by atoms with Gasteiger partial charge in [0.25, 0.3) is 0 Å². The van der Waals surface area contributed by atoms with Crippen molar-refractivity contribution in [3.05, 3.63) is 0 Å². The number of piperidine rings is 1. The Morgan fingerprint density at radius 2 is 2.12 bits per heavy atom. The van der Waals surface area contributed by atoms with E-state index >= 15 is 0 Å². The minimum atomic E-state index is 0.111. The summed E-state index contributed by atoms with van der Waals surface area (Å²) in [5.74, 6) is 1.77. The van der Waals surface area contributed by atoms with Gasteiger partial charge in [0.15, 0.2) is 0 Å². The van der Waals surface area contributed by atoms with Gasteiger partial charge in [0.2, 0.25) is 5.91 Å². The second kappa shape index (κ2) is 5.17. The van der Waals surface area contributed by atoms with Crippen LogP contribution in [0.4, 0.5) is 0 Å². The average molecular weight is 224 g/mol. The fourth-order valence-corrected chi connectivity index (χ4v) is 2.81. The van der Waals surface area contributed by atoms with Crippen LogP contribution in [-0.4, -0.2) is 36.5 Å². The largest absolute Gasteiger partial charge is 0.341 e. The second-order valence-electron chi connectivity index (χ2n) is 5.58. The molecule has 3 nitrogen and oxygen atoms in total. The Bertz CT molecular complexity index is 246. The van der Waals surface area contributed by atoms with E-state index in [1.54, 1.807) is 0 Å². The average Bonchev–Trinajstić information content (AvgIpc) is 2.78. The van der Waals surface area contributed by atoms with Crippen molar-refractivity contribution in [2.24, 2.45) is 11.8 Å². The fraction of sp³-hybridized carbons (Fsp3) is 0.923.